The number of hydrogen-bond donors (Lipinski definition) is 2. The molecule has 0 heterocycles. The fourth-order valence-electron chi connectivity index (χ4n) is 0.869. The van der Waals surface area contributed by atoms with Gasteiger partial charge in [0, 0.05) is 5.02 Å². The Balaban J connectivity index is 0.000000921. The minimum absolute atomic E-state index is 0.0600. The second-order valence-corrected chi connectivity index (χ2v) is 2.85. The quantitative estimate of drug-likeness (QED) is 0.739. The predicted molar refractivity (Wildman–Crippen MR) is 52.5 cm³/mol. The molecule has 15 heavy (non-hydrogen) atoms. The Morgan fingerprint density at radius 2 is 1.87 bits per heavy atom. The van der Waals surface area contributed by atoms with E-state index in [1.165, 1.54) is 12.1 Å². The molecule has 6 heteroatoms. The number of nitrogens with two attached hydrogens (primary N) is 1. The molecule has 0 spiro atoms. The summed E-state index contributed by atoms with van der Waals surface area (Å²) in [5, 5.41) is 6.56. The van der Waals surface area contributed by atoms with Crippen molar-refractivity contribution in [3.63, 3.8) is 0 Å². The molecule has 0 aliphatic rings. The summed E-state index contributed by atoms with van der Waals surface area (Å²) in [6.45, 7) is 3.42. The zero-order chi connectivity index (χ0) is 12.1. The lowest BCUT2D eigenvalue weighted by Gasteiger charge is -2.07. The van der Waals surface area contributed by atoms with E-state index in [0.717, 1.165) is 12.1 Å². The molecule has 0 amide bonds. The molecule has 0 radical (unpaired) electrons. The first-order chi connectivity index (χ1) is 6.95. The van der Waals surface area contributed by atoms with E-state index in [1.54, 1.807) is 0 Å². The van der Waals surface area contributed by atoms with E-state index < -0.39 is 11.7 Å². The van der Waals surface area contributed by atoms with Gasteiger partial charge in [-0.1, -0.05) is 30.3 Å². The lowest BCUT2D eigenvalue weighted by atomic mass is 10.1. The molecule has 2 nitrogen and oxygen atoms in total. The maximum absolute atomic E-state index is 12.1. The van der Waals surface area contributed by atoms with Crippen LogP contribution < -0.4 is 5.90 Å². The standard InChI is InChI=1S/C9H6ClF3.H3NO/c1-2-6-3-4-7(5-8(6)10)9(11,12)13;1-2/h2-5H,1H2;2H,1H2. The van der Waals surface area contributed by atoms with Crippen LogP contribution in [-0.2, 0) is 6.18 Å². The first kappa shape index (κ1) is 14.0. The lowest BCUT2D eigenvalue weighted by Crippen LogP contribution is -2.04. The molecular formula is C9H9ClF3NO. The minimum Gasteiger partial charge on any atom is -0.320 e. The first-order valence-electron chi connectivity index (χ1n) is 3.70. The van der Waals surface area contributed by atoms with Gasteiger partial charge in [-0.3, -0.25) is 0 Å². The van der Waals surface area contributed by atoms with Gasteiger partial charge in [0.2, 0.25) is 0 Å². The molecule has 0 aliphatic carbocycles. The topological polar surface area (TPSA) is 46.2 Å². The predicted octanol–water partition coefficient (Wildman–Crippen LogP) is 3.34. The zero-order valence-electron chi connectivity index (χ0n) is 7.55. The van der Waals surface area contributed by atoms with E-state index in [-0.39, 0.29) is 5.02 Å². The van der Waals surface area contributed by atoms with Crippen LogP contribution in [0.5, 0.6) is 0 Å². The Labute approximate surface area is 89.7 Å². The van der Waals surface area contributed by atoms with Crippen molar-refractivity contribution < 1.29 is 18.4 Å². The second-order valence-electron chi connectivity index (χ2n) is 2.44. The SMILES string of the molecule is C=Cc1ccc(C(F)(F)F)cc1Cl.NO. The van der Waals surface area contributed by atoms with Crippen molar-refractivity contribution in [2.24, 2.45) is 5.90 Å². The van der Waals surface area contributed by atoms with Crippen LogP contribution in [0.3, 0.4) is 0 Å². The summed E-state index contributed by atoms with van der Waals surface area (Å²) in [6, 6.07) is 3.15. The normalized spacial score (nSPS) is 10.3. The molecule has 0 aromatic heterocycles. The summed E-state index contributed by atoms with van der Waals surface area (Å²) in [6.07, 6.45) is -2.94. The molecule has 3 N–H and O–H groups in total. The lowest BCUT2D eigenvalue weighted by molar-refractivity contribution is -0.137. The summed E-state index contributed by atoms with van der Waals surface area (Å²) in [5.74, 6) is 3.50. The van der Waals surface area contributed by atoms with Crippen molar-refractivity contribution in [3.05, 3.63) is 40.9 Å². The monoisotopic (exact) mass is 239 g/mol. The number of hydrogen-bond acceptors (Lipinski definition) is 2. The Hall–Kier alpha value is -1.04. The highest BCUT2D eigenvalue weighted by Crippen LogP contribution is 2.32. The van der Waals surface area contributed by atoms with Crippen molar-refractivity contribution >= 4 is 17.7 Å². The van der Waals surface area contributed by atoms with Gasteiger partial charge in [0.05, 0.1) is 5.56 Å². The minimum atomic E-state index is -4.34. The number of rotatable bonds is 1. The molecule has 0 unspecified atom stereocenters. The molecule has 1 rings (SSSR count). The van der Waals surface area contributed by atoms with Crippen LogP contribution in [0.25, 0.3) is 6.08 Å². The molecule has 0 atom stereocenters. The number of alkyl halides is 3. The van der Waals surface area contributed by atoms with E-state index >= 15 is 0 Å². The van der Waals surface area contributed by atoms with E-state index in [1.807, 2.05) is 0 Å². The zero-order valence-corrected chi connectivity index (χ0v) is 8.31. The van der Waals surface area contributed by atoms with E-state index in [0.29, 0.717) is 5.56 Å². The smallest absolute Gasteiger partial charge is 0.320 e. The second kappa shape index (κ2) is 5.75. The highest BCUT2D eigenvalue weighted by Gasteiger charge is 2.30. The van der Waals surface area contributed by atoms with E-state index in [2.05, 4.69) is 12.5 Å². The molecular weight excluding hydrogens is 231 g/mol. The average Bonchev–Trinajstić information content (AvgIpc) is 2.19. The van der Waals surface area contributed by atoms with Crippen LogP contribution in [0.2, 0.25) is 5.02 Å². The van der Waals surface area contributed by atoms with Crippen LogP contribution in [0.4, 0.5) is 13.2 Å². The van der Waals surface area contributed by atoms with Gasteiger partial charge in [0.15, 0.2) is 0 Å². The highest BCUT2D eigenvalue weighted by molar-refractivity contribution is 6.32. The fraction of sp³-hybridized carbons (Fsp3) is 0.111. The molecule has 84 valence electrons. The summed E-state index contributed by atoms with van der Waals surface area (Å²) < 4.78 is 36.4. The van der Waals surface area contributed by atoms with Crippen LogP contribution in [0.1, 0.15) is 11.1 Å². The third kappa shape index (κ3) is 3.91. The number of benzene rings is 1. The molecule has 0 saturated carbocycles. The molecule has 1 aromatic carbocycles. The summed E-state index contributed by atoms with van der Waals surface area (Å²) in [7, 11) is 0. The third-order valence-corrected chi connectivity index (χ3v) is 1.88. The van der Waals surface area contributed by atoms with Crippen LogP contribution in [0, 0.1) is 0 Å². The maximum Gasteiger partial charge on any atom is 0.416 e. The molecule has 0 aliphatic heterocycles. The Kier molecular flexibility index (Phi) is 5.35. The van der Waals surface area contributed by atoms with Crippen LogP contribution >= 0.6 is 11.6 Å². The van der Waals surface area contributed by atoms with Gasteiger partial charge in [0.25, 0.3) is 0 Å². The summed E-state index contributed by atoms with van der Waals surface area (Å²) in [4.78, 5) is 0. The first-order valence-corrected chi connectivity index (χ1v) is 4.08. The number of halogens is 4. The van der Waals surface area contributed by atoms with Gasteiger partial charge < -0.3 is 5.21 Å². The van der Waals surface area contributed by atoms with Gasteiger partial charge in [0.1, 0.15) is 0 Å². The Morgan fingerprint density at radius 3 is 2.20 bits per heavy atom. The Bertz CT molecular complexity index is 339. The van der Waals surface area contributed by atoms with E-state index in [9.17, 15) is 13.2 Å². The molecule has 0 fully saturated rings. The van der Waals surface area contributed by atoms with Crippen molar-refractivity contribution in [1.82, 2.24) is 0 Å². The molecule has 0 saturated heterocycles. The average molecular weight is 240 g/mol. The van der Waals surface area contributed by atoms with E-state index in [4.69, 9.17) is 16.8 Å². The van der Waals surface area contributed by atoms with Crippen molar-refractivity contribution in [3.8, 4) is 0 Å². The summed E-state index contributed by atoms with van der Waals surface area (Å²) >= 11 is 5.56. The van der Waals surface area contributed by atoms with Gasteiger partial charge in [-0.25, -0.2) is 5.90 Å². The fourth-order valence-corrected chi connectivity index (χ4v) is 1.13. The van der Waals surface area contributed by atoms with Crippen molar-refractivity contribution in [2.75, 3.05) is 0 Å². The third-order valence-electron chi connectivity index (χ3n) is 1.55. The summed E-state index contributed by atoms with van der Waals surface area (Å²) in [5.41, 5.74) is -0.252. The molecule has 1 aromatic rings. The van der Waals surface area contributed by atoms with Crippen LogP contribution in [0.15, 0.2) is 24.8 Å². The Morgan fingerprint density at radius 1 is 1.33 bits per heavy atom. The molecule has 0 bridgehead atoms. The largest absolute Gasteiger partial charge is 0.416 e. The van der Waals surface area contributed by atoms with Crippen molar-refractivity contribution in [1.29, 1.82) is 0 Å². The van der Waals surface area contributed by atoms with Crippen molar-refractivity contribution in [2.45, 2.75) is 6.18 Å². The van der Waals surface area contributed by atoms with Crippen LogP contribution in [-0.4, -0.2) is 5.21 Å². The van der Waals surface area contributed by atoms with Gasteiger partial charge in [-0.2, -0.15) is 13.2 Å². The highest BCUT2D eigenvalue weighted by atomic mass is 35.5. The maximum atomic E-state index is 12.1. The van der Waals surface area contributed by atoms with Gasteiger partial charge >= 0.3 is 6.18 Å². The van der Waals surface area contributed by atoms with Gasteiger partial charge in [-0.05, 0) is 17.7 Å². The van der Waals surface area contributed by atoms with Gasteiger partial charge in [-0.15, -0.1) is 0 Å².